The van der Waals surface area contributed by atoms with Gasteiger partial charge < -0.3 is 9.84 Å². The molecule has 4 rings (SSSR count). The molecule has 4 saturated carbocycles. The summed E-state index contributed by atoms with van der Waals surface area (Å²) in [4.78, 5) is 37.4. The van der Waals surface area contributed by atoms with E-state index in [0.29, 0.717) is 48.9 Å². The molecule has 0 spiro atoms. The minimum atomic E-state index is -0.879. The normalized spacial score (nSPS) is 43.1. The highest BCUT2D eigenvalue weighted by molar-refractivity contribution is 5.88. The Morgan fingerprint density at radius 2 is 1.75 bits per heavy atom. The van der Waals surface area contributed by atoms with Crippen LogP contribution in [0, 0.1) is 39.9 Å². The number of carbonyl (C=O) groups is 3. The fourth-order valence-corrected chi connectivity index (χ4v) is 9.54. The number of esters is 1. The van der Waals surface area contributed by atoms with Crippen LogP contribution in [-0.2, 0) is 19.1 Å². The molecule has 0 aliphatic heterocycles. The SMILES string of the molecule is CC(=O)OC1C[C@@]2(C)[C@@H](CC[C@H]3[C@@]4(C)CCC(=O)[C@@H](C)[C@@H]4CC[C@@]32C)/C1=C(/CCC=C(C)C)C(=O)O. The van der Waals surface area contributed by atoms with Crippen molar-refractivity contribution in [3.05, 3.63) is 22.8 Å². The number of hydrogen-bond donors (Lipinski definition) is 1. The molecule has 0 bridgehead atoms. The first-order valence-electron chi connectivity index (χ1n) is 14.1. The number of allylic oxidation sites excluding steroid dienone is 2. The molecule has 1 unspecified atom stereocenters. The number of Topliss-reactive ketones (excluding diaryl/α,β-unsaturated/α-hetero) is 1. The van der Waals surface area contributed by atoms with E-state index in [1.54, 1.807) is 0 Å². The van der Waals surface area contributed by atoms with Gasteiger partial charge >= 0.3 is 11.9 Å². The number of rotatable bonds is 5. The average molecular weight is 499 g/mol. The van der Waals surface area contributed by atoms with Crippen molar-refractivity contribution in [3.63, 3.8) is 0 Å². The Hall–Kier alpha value is -1.91. The second-order valence-electron chi connectivity index (χ2n) is 13.3. The Balaban J connectivity index is 1.78. The minimum Gasteiger partial charge on any atom is -0.478 e. The summed E-state index contributed by atoms with van der Waals surface area (Å²) in [5, 5.41) is 10.3. The van der Waals surface area contributed by atoms with Crippen molar-refractivity contribution < 1.29 is 24.2 Å². The quantitative estimate of drug-likeness (QED) is 0.253. The molecule has 1 N–H and O–H groups in total. The molecule has 200 valence electrons. The van der Waals surface area contributed by atoms with Crippen molar-refractivity contribution in [2.24, 2.45) is 39.9 Å². The van der Waals surface area contributed by atoms with Crippen molar-refractivity contribution >= 4 is 17.7 Å². The van der Waals surface area contributed by atoms with Gasteiger partial charge in [-0.15, -0.1) is 0 Å². The van der Waals surface area contributed by atoms with Crippen LogP contribution in [0.25, 0.3) is 0 Å². The van der Waals surface area contributed by atoms with Crippen LogP contribution >= 0.6 is 0 Å². The van der Waals surface area contributed by atoms with Crippen molar-refractivity contribution in [2.75, 3.05) is 0 Å². The fraction of sp³-hybridized carbons (Fsp3) is 0.774. The van der Waals surface area contributed by atoms with E-state index < -0.39 is 12.1 Å². The van der Waals surface area contributed by atoms with Crippen molar-refractivity contribution in [2.45, 2.75) is 112 Å². The Morgan fingerprint density at radius 1 is 1.06 bits per heavy atom. The highest BCUT2D eigenvalue weighted by Crippen LogP contribution is 2.74. The van der Waals surface area contributed by atoms with E-state index in [0.717, 1.165) is 37.7 Å². The minimum absolute atomic E-state index is 0.00491. The molecular formula is C31H46O5. The maximum absolute atomic E-state index is 12.6. The van der Waals surface area contributed by atoms with E-state index in [1.165, 1.54) is 12.5 Å². The molecule has 0 aromatic heterocycles. The van der Waals surface area contributed by atoms with Crippen LogP contribution in [0.1, 0.15) is 106 Å². The van der Waals surface area contributed by atoms with Crippen molar-refractivity contribution in [1.82, 2.24) is 0 Å². The summed E-state index contributed by atoms with van der Waals surface area (Å²) in [6.07, 6.45) is 9.13. The topological polar surface area (TPSA) is 80.7 Å². The second-order valence-corrected chi connectivity index (χ2v) is 13.3. The number of ether oxygens (including phenoxy) is 1. The van der Waals surface area contributed by atoms with E-state index >= 15 is 0 Å². The van der Waals surface area contributed by atoms with E-state index in [2.05, 4.69) is 33.8 Å². The number of ketones is 1. The fourth-order valence-electron chi connectivity index (χ4n) is 9.54. The standard InChI is InChI=1S/C31H46O5/c1-18(2)9-8-10-21(28(34)35)27-23-11-12-26-29(5)15-14-24(33)19(3)22(29)13-16-30(26,6)31(23,7)17-25(27)36-20(4)32/h9,19,22-23,25-26H,8,10-17H2,1-7H3,(H,34,35)/b27-21+/t19-,22-,23-,25?,26-,29-,30-,31-/m0/s1. The molecule has 8 atom stereocenters. The van der Waals surface area contributed by atoms with Crippen LogP contribution < -0.4 is 0 Å². The molecule has 4 aliphatic carbocycles. The van der Waals surface area contributed by atoms with Gasteiger partial charge in [-0.3, -0.25) is 9.59 Å². The molecule has 0 amide bonds. The largest absolute Gasteiger partial charge is 0.478 e. The molecule has 0 aromatic rings. The zero-order chi connectivity index (χ0) is 26.6. The van der Waals surface area contributed by atoms with E-state index in [-0.39, 0.29) is 34.1 Å². The van der Waals surface area contributed by atoms with Gasteiger partial charge in [-0.05, 0) is 105 Å². The molecule has 5 nitrogen and oxygen atoms in total. The number of hydrogen-bond acceptors (Lipinski definition) is 4. The van der Waals surface area contributed by atoms with E-state index in [1.807, 2.05) is 13.8 Å². The monoisotopic (exact) mass is 498 g/mol. The molecule has 4 fully saturated rings. The van der Waals surface area contributed by atoms with Gasteiger partial charge in [0, 0.05) is 24.8 Å². The molecule has 5 heteroatoms. The van der Waals surface area contributed by atoms with Gasteiger partial charge in [0.2, 0.25) is 0 Å². The Labute approximate surface area is 217 Å². The van der Waals surface area contributed by atoms with Crippen molar-refractivity contribution in [1.29, 1.82) is 0 Å². The maximum Gasteiger partial charge on any atom is 0.331 e. The average Bonchev–Trinajstić information content (AvgIpc) is 3.05. The summed E-state index contributed by atoms with van der Waals surface area (Å²) >= 11 is 0. The predicted octanol–water partition coefficient (Wildman–Crippen LogP) is 6.90. The number of fused-ring (bicyclic) bond motifs is 5. The predicted molar refractivity (Wildman–Crippen MR) is 140 cm³/mol. The van der Waals surface area contributed by atoms with Crippen LogP contribution in [0.2, 0.25) is 0 Å². The summed E-state index contributed by atoms with van der Waals surface area (Å²) in [7, 11) is 0. The van der Waals surface area contributed by atoms with Gasteiger partial charge in [-0.2, -0.15) is 0 Å². The van der Waals surface area contributed by atoms with Gasteiger partial charge in [-0.25, -0.2) is 4.79 Å². The summed E-state index contributed by atoms with van der Waals surface area (Å²) in [6, 6.07) is 0. The van der Waals surface area contributed by atoms with Crippen LogP contribution in [0.3, 0.4) is 0 Å². The Bertz CT molecular complexity index is 1000. The highest BCUT2D eigenvalue weighted by Gasteiger charge is 2.68. The van der Waals surface area contributed by atoms with Gasteiger partial charge in [0.15, 0.2) is 0 Å². The third kappa shape index (κ3) is 4.09. The first-order chi connectivity index (χ1) is 16.8. The van der Waals surface area contributed by atoms with Gasteiger partial charge in [0.05, 0.1) is 0 Å². The lowest BCUT2D eigenvalue weighted by atomic mass is 9.37. The smallest absolute Gasteiger partial charge is 0.331 e. The first-order valence-corrected chi connectivity index (χ1v) is 14.1. The summed E-state index contributed by atoms with van der Waals surface area (Å²) in [6.45, 7) is 14.8. The van der Waals surface area contributed by atoms with E-state index in [9.17, 15) is 19.5 Å². The van der Waals surface area contributed by atoms with Crippen LogP contribution in [0.4, 0.5) is 0 Å². The van der Waals surface area contributed by atoms with Gasteiger partial charge in [-0.1, -0.05) is 39.3 Å². The van der Waals surface area contributed by atoms with Crippen LogP contribution in [0.5, 0.6) is 0 Å². The van der Waals surface area contributed by atoms with Gasteiger partial charge in [0.25, 0.3) is 0 Å². The maximum atomic E-state index is 12.6. The second kappa shape index (κ2) is 9.44. The summed E-state index contributed by atoms with van der Waals surface area (Å²) in [5.74, 6) is 0.337. The Kier molecular flexibility index (Phi) is 7.11. The lowest BCUT2D eigenvalue weighted by molar-refractivity contribution is -0.187. The third-order valence-corrected chi connectivity index (χ3v) is 11.4. The van der Waals surface area contributed by atoms with E-state index in [4.69, 9.17) is 4.74 Å². The molecule has 4 aliphatic rings. The zero-order valence-corrected chi connectivity index (χ0v) is 23.4. The first kappa shape index (κ1) is 27.1. The van der Waals surface area contributed by atoms with Crippen molar-refractivity contribution in [3.8, 4) is 0 Å². The third-order valence-electron chi connectivity index (χ3n) is 11.4. The number of carboxylic acid groups (broad SMARTS) is 1. The number of aliphatic carboxylic acids is 1. The lowest BCUT2D eigenvalue weighted by Gasteiger charge is -2.67. The number of carboxylic acids is 1. The molecule has 0 heterocycles. The molecule has 0 saturated heterocycles. The molecule has 36 heavy (non-hydrogen) atoms. The summed E-state index contributed by atoms with van der Waals surface area (Å²) < 4.78 is 5.91. The highest BCUT2D eigenvalue weighted by atomic mass is 16.5. The zero-order valence-electron chi connectivity index (χ0n) is 23.4. The van der Waals surface area contributed by atoms with Crippen LogP contribution in [0.15, 0.2) is 22.8 Å². The van der Waals surface area contributed by atoms with Crippen LogP contribution in [-0.4, -0.2) is 28.9 Å². The van der Waals surface area contributed by atoms with Gasteiger partial charge in [0.1, 0.15) is 11.9 Å². The summed E-state index contributed by atoms with van der Waals surface area (Å²) in [5.41, 5.74) is 2.48. The Morgan fingerprint density at radius 3 is 2.36 bits per heavy atom. The molecular weight excluding hydrogens is 452 g/mol. The lowest BCUT2D eigenvalue weighted by Crippen LogP contribution is -2.61. The number of carbonyl (C=O) groups excluding carboxylic acids is 2. The molecule has 0 aromatic carbocycles. The molecule has 0 radical (unpaired) electrons.